The second-order valence-electron chi connectivity index (χ2n) is 7.62. The molecule has 0 radical (unpaired) electrons. The number of carbonyl (C=O) groups is 2. The van der Waals surface area contributed by atoms with Crippen molar-refractivity contribution in [2.45, 2.75) is 30.9 Å². The SMILES string of the molecule is CN1C=NC(C(N)C(=O)N2CC(Oc3ccc4c(c3C(=O)O)OB(O)CC4)C2)C1. The number of nitrogens with two attached hydrogens (primary N) is 1. The number of ether oxygens (including phenoxy) is 1. The van der Waals surface area contributed by atoms with Gasteiger partial charge in [-0.2, -0.15) is 0 Å². The molecule has 3 aliphatic rings. The predicted octanol–water partition coefficient (Wildman–Crippen LogP) is -0.941. The molecule has 1 fully saturated rings. The number of carboxylic acid groups (broad SMARTS) is 1. The van der Waals surface area contributed by atoms with Gasteiger partial charge >= 0.3 is 13.1 Å². The maximum Gasteiger partial charge on any atom is 0.522 e. The molecule has 1 aromatic carbocycles. The van der Waals surface area contributed by atoms with Crippen molar-refractivity contribution in [3.05, 3.63) is 23.3 Å². The van der Waals surface area contributed by atoms with Crippen LogP contribution in [0.5, 0.6) is 11.5 Å². The minimum atomic E-state index is -1.19. The zero-order valence-electron chi connectivity index (χ0n) is 16.0. The molecule has 3 aliphatic heterocycles. The number of amides is 1. The van der Waals surface area contributed by atoms with Crippen molar-refractivity contribution in [3.63, 3.8) is 0 Å². The fraction of sp³-hybridized carbons (Fsp3) is 0.500. The molecule has 4 rings (SSSR count). The second-order valence-corrected chi connectivity index (χ2v) is 7.62. The number of nitrogens with zero attached hydrogens (tertiary/aromatic N) is 3. The Morgan fingerprint density at radius 1 is 1.38 bits per heavy atom. The number of aliphatic imine (C=N–C) groups is 1. The Morgan fingerprint density at radius 2 is 2.14 bits per heavy atom. The van der Waals surface area contributed by atoms with Crippen LogP contribution in [-0.2, 0) is 11.2 Å². The van der Waals surface area contributed by atoms with Gasteiger partial charge in [-0.25, -0.2) is 4.79 Å². The monoisotopic (exact) mass is 402 g/mol. The molecule has 0 spiro atoms. The molecule has 0 aromatic heterocycles. The standard InChI is InChI=1S/C18H23BN4O6/c1-22-8-12(21-9-22)15(20)17(24)23-6-11(7-23)28-13-3-2-10-4-5-19(27)29-16(10)14(13)18(25)26/h2-3,9,11-12,15,27H,4-8,20H2,1H3,(H,25,26). The summed E-state index contributed by atoms with van der Waals surface area (Å²) in [5.74, 6) is -1.08. The molecule has 11 heteroatoms. The summed E-state index contributed by atoms with van der Waals surface area (Å²) in [5.41, 5.74) is 6.67. The first-order valence-corrected chi connectivity index (χ1v) is 9.52. The summed E-state index contributed by atoms with van der Waals surface area (Å²) in [6.07, 6.45) is 2.26. The van der Waals surface area contributed by atoms with Crippen LogP contribution in [-0.4, -0.2) is 90.1 Å². The van der Waals surface area contributed by atoms with Crippen LogP contribution in [0.4, 0.5) is 0 Å². The number of aryl methyl sites for hydroxylation is 1. The number of likely N-dealkylation sites (N-methyl/N-ethyl adjacent to an activating group) is 1. The molecule has 4 N–H and O–H groups in total. The number of rotatable bonds is 5. The van der Waals surface area contributed by atoms with E-state index in [0.29, 0.717) is 32.4 Å². The van der Waals surface area contributed by atoms with Gasteiger partial charge in [0.15, 0.2) is 0 Å². The van der Waals surface area contributed by atoms with Crippen LogP contribution in [0, 0.1) is 0 Å². The van der Waals surface area contributed by atoms with E-state index in [1.807, 2.05) is 11.9 Å². The minimum Gasteiger partial charge on any atom is -0.535 e. The van der Waals surface area contributed by atoms with Crippen LogP contribution in [0.2, 0.25) is 6.32 Å². The third-order valence-electron chi connectivity index (χ3n) is 5.41. The summed E-state index contributed by atoms with van der Waals surface area (Å²) in [6, 6.07) is 2.36. The van der Waals surface area contributed by atoms with Crippen LogP contribution in [0.15, 0.2) is 17.1 Å². The smallest absolute Gasteiger partial charge is 0.522 e. The van der Waals surface area contributed by atoms with E-state index in [0.717, 1.165) is 5.56 Å². The highest BCUT2D eigenvalue weighted by Crippen LogP contribution is 2.37. The number of hydrogen-bond donors (Lipinski definition) is 3. The van der Waals surface area contributed by atoms with E-state index < -0.39 is 19.1 Å². The molecule has 0 bridgehead atoms. The normalized spacial score (nSPS) is 22.0. The number of hydrogen-bond acceptors (Lipinski definition) is 8. The van der Waals surface area contributed by atoms with Gasteiger partial charge in [-0.05, 0) is 24.4 Å². The molecule has 29 heavy (non-hydrogen) atoms. The lowest BCUT2D eigenvalue weighted by Crippen LogP contribution is -2.62. The van der Waals surface area contributed by atoms with E-state index in [1.54, 1.807) is 23.4 Å². The van der Waals surface area contributed by atoms with Crippen LogP contribution < -0.4 is 15.1 Å². The number of likely N-dealkylation sites (tertiary alicyclic amines) is 1. The summed E-state index contributed by atoms with van der Waals surface area (Å²) in [6.45, 7) is 1.24. The Balaban J connectivity index is 1.40. The first-order chi connectivity index (χ1) is 13.8. The molecule has 1 aromatic rings. The first-order valence-electron chi connectivity index (χ1n) is 9.52. The Kier molecular flexibility index (Phi) is 5.09. The average Bonchev–Trinajstić information content (AvgIpc) is 3.08. The zero-order chi connectivity index (χ0) is 20.7. The summed E-state index contributed by atoms with van der Waals surface area (Å²) < 4.78 is 11.2. The highest BCUT2D eigenvalue weighted by Gasteiger charge is 2.39. The lowest BCUT2D eigenvalue weighted by Gasteiger charge is -2.41. The van der Waals surface area contributed by atoms with Crippen molar-refractivity contribution in [2.75, 3.05) is 26.7 Å². The molecule has 0 aliphatic carbocycles. The minimum absolute atomic E-state index is 0.106. The fourth-order valence-corrected chi connectivity index (χ4v) is 3.76. The number of carboxylic acids is 1. The van der Waals surface area contributed by atoms with E-state index in [-0.39, 0.29) is 35.1 Å². The molecule has 3 heterocycles. The van der Waals surface area contributed by atoms with Crippen molar-refractivity contribution in [3.8, 4) is 11.5 Å². The van der Waals surface area contributed by atoms with Crippen LogP contribution >= 0.6 is 0 Å². The fourth-order valence-electron chi connectivity index (χ4n) is 3.76. The first kappa shape index (κ1) is 19.5. The maximum absolute atomic E-state index is 12.5. The van der Waals surface area contributed by atoms with Crippen LogP contribution in [0.25, 0.3) is 0 Å². The largest absolute Gasteiger partial charge is 0.535 e. The second kappa shape index (κ2) is 7.56. The lowest BCUT2D eigenvalue weighted by atomic mass is 9.78. The third-order valence-corrected chi connectivity index (χ3v) is 5.41. The Morgan fingerprint density at radius 3 is 2.79 bits per heavy atom. The van der Waals surface area contributed by atoms with Gasteiger partial charge in [0.05, 0.1) is 25.5 Å². The van der Waals surface area contributed by atoms with E-state index in [9.17, 15) is 19.7 Å². The molecular formula is C18H23BN4O6. The zero-order valence-corrected chi connectivity index (χ0v) is 16.0. The van der Waals surface area contributed by atoms with Gasteiger partial charge in [0.25, 0.3) is 0 Å². The number of carbonyl (C=O) groups excluding carboxylic acids is 1. The van der Waals surface area contributed by atoms with Crippen molar-refractivity contribution in [1.82, 2.24) is 9.80 Å². The molecule has 10 nitrogen and oxygen atoms in total. The highest BCUT2D eigenvalue weighted by molar-refractivity contribution is 6.44. The van der Waals surface area contributed by atoms with Crippen molar-refractivity contribution >= 4 is 25.3 Å². The number of aromatic carboxylic acids is 1. The van der Waals surface area contributed by atoms with Gasteiger partial charge in [0.2, 0.25) is 5.91 Å². The van der Waals surface area contributed by atoms with E-state index >= 15 is 0 Å². The van der Waals surface area contributed by atoms with E-state index in [2.05, 4.69) is 4.99 Å². The summed E-state index contributed by atoms with van der Waals surface area (Å²) in [5, 5.41) is 19.3. The number of fused-ring (bicyclic) bond motifs is 1. The Bertz CT molecular complexity index is 859. The van der Waals surface area contributed by atoms with Crippen LogP contribution in [0.1, 0.15) is 15.9 Å². The molecule has 2 unspecified atom stereocenters. The van der Waals surface area contributed by atoms with Crippen molar-refractivity contribution in [1.29, 1.82) is 0 Å². The predicted molar refractivity (Wildman–Crippen MR) is 104 cm³/mol. The molecular weight excluding hydrogens is 379 g/mol. The molecule has 1 saturated heterocycles. The quantitative estimate of drug-likeness (QED) is 0.537. The molecule has 2 atom stereocenters. The molecule has 154 valence electrons. The van der Waals surface area contributed by atoms with Gasteiger partial charge in [0, 0.05) is 13.6 Å². The van der Waals surface area contributed by atoms with Gasteiger partial charge in [-0.15, -0.1) is 0 Å². The van der Waals surface area contributed by atoms with E-state index in [1.165, 1.54) is 0 Å². The summed E-state index contributed by atoms with van der Waals surface area (Å²) >= 11 is 0. The van der Waals surface area contributed by atoms with Crippen molar-refractivity contribution in [2.24, 2.45) is 10.7 Å². The van der Waals surface area contributed by atoms with Gasteiger partial charge in [-0.1, -0.05) is 6.07 Å². The van der Waals surface area contributed by atoms with Crippen LogP contribution in [0.3, 0.4) is 0 Å². The highest BCUT2D eigenvalue weighted by atomic mass is 16.5. The van der Waals surface area contributed by atoms with E-state index in [4.69, 9.17) is 15.1 Å². The Hall–Kier alpha value is -2.79. The Labute approximate surface area is 168 Å². The van der Waals surface area contributed by atoms with Crippen molar-refractivity contribution < 1.29 is 29.1 Å². The maximum atomic E-state index is 12.5. The topological polar surface area (TPSA) is 138 Å². The van der Waals surface area contributed by atoms with Gasteiger partial charge in [-0.3, -0.25) is 9.79 Å². The average molecular weight is 402 g/mol. The lowest BCUT2D eigenvalue weighted by molar-refractivity contribution is -0.141. The number of benzene rings is 1. The summed E-state index contributed by atoms with van der Waals surface area (Å²) in [4.78, 5) is 32.0. The van der Waals surface area contributed by atoms with Gasteiger partial charge < -0.3 is 35.1 Å². The van der Waals surface area contributed by atoms with Gasteiger partial charge in [0.1, 0.15) is 29.2 Å². The summed E-state index contributed by atoms with van der Waals surface area (Å²) in [7, 11) is 0.835. The third kappa shape index (κ3) is 3.75. The molecule has 0 saturated carbocycles. The molecule has 1 amide bonds.